The zero-order valence-electron chi connectivity index (χ0n) is 12.2. The second kappa shape index (κ2) is 7.29. The maximum absolute atomic E-state index is 12.2. The number of nitrogens with one attached hydrogen (secondary N) is 1. The molecule has 0 aromatic heterocycles. The van der Waals surface area contributed by atoms with Crippen molar-refractivity contribution in [3.05, 3.63) is 29.8 Å². The fraction of sp³-hybridized carbons (Fsp3) is 0.562. The number of carbonyl (C=O) groups is 1. The zero-order valence-corrected chi connectivity index (χ0v) is 12.2. The number of hydrogen-bond donors (Lipinski definition) is 1. The molecule has 110 valence electrons. The van der Waals surface area contributed by atoms with Crippen molar-refractivity contribution in [3.8, 4) is 5.75 Å². The molecule has 0 saturated carbocycles. The minimum atomic E-state index is -0.0741. The first-order chi connectivity index (χ1) is 9.70. The zero-order chi connectivity index (χ0) is 14.4. The molecule has 1 aromatic rings. The van der Waals surface area contributed by atoms with Crippen LogP contribution in [0.5, 0.6) is 5.75 Å². The fourth-order valence-electron chi connectivity index (χ4n) is 2.33. The van der Waals surface area contributed by atoms with Gasteiger partial charge in [-0.2, -0.15) is 0 Å². The minimum absolute atomic E-state index is 0.0326. The van der Waals surface area contributed by atoms with Crippen molar-refractivity contribution in [2.45, 2.75) is 45.3 Å². The summed E-state index contributed by atoms with van der Waals surface area (Å²) in [6.07, 6.45) is 3.18. The summed E-state index contributed by atoms with van der Waals surface area (Å²) in [6, 6.07) is 7.33. The lowest BCUT2D eigenvalue weighted by Crippen LogP contribution is -2.40. The molecule has 20 heavy (non-hydrogen) atoms. The summed E-state index contributed by atoms with van der Waals surface area (Å²) in [6.45, 7) is 5.51. The first-order valence-electron chi connectivity index (χ1n) is 7.36. The predicted octanol–water partition coefficient (Wildman–Crippen LogP) is 2.77. The van der Waals surface area contributed by atoms with Crippen LogP contribution in [0.4, 0.5) is 0 Å². The maximum Gasteiger partial charge on any atom is 0.251 e. The van der Waals surface area contributed by atoms with Crippen molar-refractivity contribution >= 4 is 5.91 Å². The highest BCUT2D eigenvalue weighted by Crippen LogP contribution is 2.17. The first kappa shape index (κ1) is 14.9. The molecule has 2 atom stereocenters. The summed E-state index contributed by atoms with van der Waals surface area (Å²) >= 11 is 0. The van der Waals surface area contributed by atoms with Crippen molar-refractivity contribution in [1.82, 2.24) is 5.32 Å². The SMILES string of the molecule is CCCOc1cccc(C(=O)N[C@H](C)[C@H]2CCCO2)c1. The molecular weight excluding hydrogens is 254 g/mol. The van der Waals surface area contributed by atoms with Crippen LogP contribution in [0.3, 0.4) is 0 Å². The molecule has 1 aliphatic heterocycles. The number of hydrogen-bond acceptors (Lipinski definition) is 3. The van der Waals surface area contributed by atoms with E-state index in [-0.39, 0.29) is 18.1 Å². The van der Waals surface area contributed by atoms with Crippen LogP contribution in [0.15, 0.2) is 24.3 Å². The number of rotatable bonds is 6. The van der Waals surface area contributed by atoms with E-state index < -0.39 is 0 Å². The normalized spacial score (nSPS) is 19.6. The van der Waals surface area contributed by atoms with E-state index in [2.05, 4.69) is 12.2 Å². The van der Waals surface area contributed by atoms with Gasteiger partial charge in [0.05, 0.1) is 18.8 Å². The van der Waals surface area contributed by atoms with Crippen LogP contribution >= 0.6 is 0 Å². The maximum atomic E-state index is 12.2. The Bertz CT molecular complexity index is 441. The van der Waals surface area contributed by atoms with Gasteiger partial charge >= 0.3 is 0 Å². The van der Waals surface area contributed by atoms with E-state index in [1.807, 2.05) is 19.1 Å². The van der Waals surface area contributed by atoms with Crippen molar-refractivity contribution in [2.75, 3.05) is 13.2 Å². The summed E-state index contributed by atoms with van der Waals surface area (Å²) < 4.78 is 11.1. The number of carbonyl (C=O) groups excluding carboxylic acids is 1. The summed E-state index contributed by atoms with van der Waals surface area (Å²) in [4.78, 5) is 12.2. The summed E-state index contributed by atoms with van der Waals surface area (Å²) in [5.41, 5.74) is 0.628. The predicted molar refractivity (Wildman–Crippen MR) is 78.1 cm³/mol. The Hall–Kier alpha value is -1.55. The highest BCUT2D eigenvalue weighted by molar-refractivity contribution is 5.94. The van der Waals surface area contributed by atoms with Crippen LogP contribution in [-0.4, -0.2) is 31.3 Å². The Morgan fingerprint density at radius 2 is 2.40 bits per heavy atom. The molecule has 1 amide bonds. The van der Waals surface area contributed by atoms with Gasteiger partial charge in [-0.3, -0.25) is 4.79 Å². The summed E-state index contributed by atoms with van der Waals surface area (Å²) in [7, 11) is 0. The first-order valence-corrected chi connectivity index (χ1v) is 7.36. The molecule has 0 aliphatic carbocycles. The van der Waals surface area contributed by atoms with Crippen molar-refractivity contribution in [2.24, 2.45) is 0 Å². The molecule has 2 rings (SSSR count). The van der Waals surface area contributed by atoms with Gasteiger partial charge in [-0.25, -0.2) is 0 Å². The van der Waals surface area contributed by atoms with E-state index in [9.17, 15) is 4.79 Å². The molecule has 1 aromatic carbocycles. The largest absolute Gasteiger partial charge is 0.494 e. The standard InChI is InChI=1S/C16H23NO3/c1-3-9-19-14-7-4-6-13(11-14)16(18)17-12(2)15-8-5-10-20-15/h4,6-7,11-12,15H,3,5,8-10H2,1-2H3,(H,17,18)/t12-,15-/m1/s1. The topological polar surface area (TPSA) is 47.6 Å². The van der Waals surface area contributed by atoms with Gasteiger partial charge < -0.3 is 14.8 Å². The Labute approximate surface area is 120 Å². The molecule has 0 spiro atoms. The Balaban J connectivity index is 1.94. The average Bonchev–Trinajstić information content (AvgIpc) is 2.99. The number of benzene rings is 1. The van der Waals surface area contributed by atoms with Crippen LogP contribution in [0.25, 0.3) is 0 Å². The molecule has 0 radical (unpaired) electrons. The number of amides is 1. The van der Waals surface area contributed by atoms with Gasteiger partial charge in [-0.05, 0) is 44.4 Å². The van der Waals surface area contributed by atoms with E-state index in [0.717, 1.165) is 31.6 Å². The smallest absolute Gasteiger partial charge is 0.251 e. The molecule has 0 bridgehead atoms. The van der Waals surface area contributed by atoms with Gasteiger partial charge in [0.2, 0.25) is 0 Å². The van der Waals surface area contributed by atoms with E-state index in [0.29, 0.717) is 12.2 Å². The molecule has 1 aliphatic rings. The lowest BCUT2D eigenvalue weighted by molar-refractivity contribution is 0.0712. The molecule has 0 unspecified atom stereocenters. The molecule has 1 saturated heterocycles. The summed E-state index contributed by atoms with van der Waals surface area (Å²) in [5.74, 6) is 0.666. The van der Waals surface area contributed by atoms with E-state index in [1.54, 1.807) is 12.1 Å². The lowest BCUT2D eigenvalue weighted by Gasteiger charge is -2.20. The lowest BCUT2D eigenvalue weighted by atomic mass is 10.1. The van der Waals surface area contributed by atoms with Crippen molar-refractivity contribution in [1.29, 1.82) is 0 Å². The molecule has 1 fully saturated rings. The number of ether oxygens (including phenoxy) is 2. The molecule has 1 heterocycles. The van der Waals surface area contributed by atoms with E-state index >= 15 is 0 Å². The molecule has 1 N–H and O–H groups in total. The molecular formula is C16H23NO3. The van der Waals surface area contributed by atoms with Crippen LogP contribution in [0.1, 0.15) is 43.5 Å². The van der Waals surface area contributed by atoms with E-state index in [4.69, 9.17) is 9.47 Å². The second-order valence-corrected chi connectivity index (χ2v) is 5.19. The third kappa shape index (κ3) is 3.97. The Kier molecular flexibility index (Phi) is 5.41. The van der Waals surface area contributed by atoms with Crippen LogP contribution in [0.2, 0.25) is 0 Å². The van der Waals surface area contributed by atoms with Crippen LogP contribution < -0.4 is 10.1 Å². The monoisotopic (exact) mass is 277 g/mol. The van der Waals surface area contributed by atoms with Gasteiger partial charge in [0, 0.05) is 12.2 Å². The van der Waals surface area contributed by atoms with E-state index in [1.165, 1.54) is 0 Å². The summed E-state index contributed by atoms with van der Waals surface area (Å²) in [5, 5.41) is 3.00. The van der Waals surface area contributed by atoms with Gasteiger partial charge in [0.15, 0.2) is 0 Å². The van der Waals surface area contributed by atoms with Crippen LogP contribution in [0, 0.1) is 0 Å². The third-order valence-corrected chi connectivity index (χ3v) is 3.45. The van der Waals surface area contributed by atoms with Crippen molar-refractivity contribution < 1.29 is 14.3 Å². The van der Waals surface area contributed by atoms with Gasteiger partial charge in [-0.15, -0.1) is 0 Å². The minimum Gasteiger partial charge on any atom is -0.494 e. The van der Waals surface area contributed by atoms with Crippen molar-refractivity contribution in [3.63, 3.8) is 0 Å². The van der Waals surface area contributed by atoms with Gasteiger partial charge in [-0.1, -0.05) is 13.0 Å². The highest BCUT2D eigenvalue weighted by Gasteiger charge is 2.23. The Morgan fingerprint density at radius 1 is 1.55 bits per heavy atom. The van der Waals surface area contributed by atoms with Gasteiger partial charge in [0.1, 0.15) is 5.75 Å². The Morgan fingerprint density at radius 3 is 3.10 bits per heavy atom. The second-order valence-electron chi connectivity index (χ2n) is 5.19. The average molecular weight is 277 g/mol. The molecule has 4 heteroatoms. The van der Waals surface area contributed by atoms with Gasteiger partial charge in [0.25, 0.3) is 5.91 Å². The molecule has 4 nitrogen and oxygen atoms in total. The highest BCUT2D eigenvalue weighted by atomic mass is 16.5. The fourth-order valence-corrected chi connectivity index (χ4v) is 2.33. The quantitative estimate of drug-likeness (QED) is 0.869. The third-order valence-electron chi connectivity index (χ3n) is 3.45. The van der Waals surface area contributed by atoms with Crippen LogP contribution in [-0.2, 0) is 4.74 Å².